The van der Waals surface area contributed by atoms with Crippen LogP contribution in [-0.4, -0.2) is 38.6 Å². The molecule has 0 spiro atoms. The maximum absolute atomic E-state index is 12.2. The summed E-state index contributed by atoms with van der Waals surface area (Å²) in [5, 5.41) is 32.9. The summed E-state index contributed by atoms with van der Waals surface area (Å²) in [6, 6.07) is 20.0. The number of benzene rings is 3. The van der Waals surface area contributed by atoms with Crippen LogP contribution in [0.4, 0.5) is 0 Å². The first-order chi connectivity index (χ1) is 17.5. The highest BCUT2D eigenvalue weighted by Gasteiger charge is 2.17. The number of aromatic hydroxyl groups is 2. The number of phenols is 2. The van der Waals surface area contributed by atoms with Gasteiger partial charge in [0.2, 0.25) is 0 Å². The molecule has 0 aliphatic rings. The van der Waals surface area contributed by atoms with Crippen molar-refractivity contribution in [3.8, 4) is 11.5 Å². The number of rotatable bonds is 11. The highest BCUT2D eigenvalue weighted by Crippen LogP contribution is 2.32. The molecular formula is C30H33NO5. The average Bonchev–Trinajstić information content (AvgIpc) is 3.22. The molecule has 1 atom stereocenters. The Labute approximate surface area is 211 Å². The van der Waals surface area contributed by atoms with E-state index in [1.165, 1.54) is 0 Å². The van der Waals surface area contributed by atoms with Gasteiger partial charge in [0.05, 0.1) is 23.8 Å². The fraction of sp³-hybridized carbons (Fsp3) is 0.300. The lowest BCUT2D eigenvalue weighted by Crippen LogP contribution is -2.20. The molecule has 0 fully saturated rings. The standard InChI is InChI=1S/C30H33NO5/c1-2-3-5-10-21-15-28(33)26(29(34)16-21)19-31-18-23(25-13-8-9-14-27(25)31)17-24(32)20-36-30(35)22-11-6-4-7-12-22/h4,6-9,11-16,18,24,32-34H,2-3,5,10,17,19-20H2,1H3. The first kappa shape index (κ1) is 25.3. The van der Waals surface area contributed by atoms with Gasteiger partial charge in [-0.2, -0.15) is 0 Å². The lowest BCUT2D eigenvalue weighted by Gasteiger charge is -2.12. The Morgan fingerprint density at radius 3 is 2.39 bits per heavy atom. The second kappa shape index (κ2) is 11.8. The van der Waals surface area contributed by atoms with Gasteiger partial charge in [-0.3, -0.25) is 0 Å². The van der Waals surface area contributed by atoms with E-state index in [9.17, 15) is 20.1 Å². The van der Waals surface area contributed by atoms with Crippen LogP contribution < -0.4 is 0 Å². The molecule has 4 rings (SSSR count). The highest BCUT2D eigenvalue weighted by atomic mass is 16.5. The minimum absolute atomic E-state index is 0.0775. The fourth-order valence-corrected chi connectivity index (χ4v) is 4.51. The van der Waals surface area contributed by atoms with Crippen LogP contribution in [0.25, 0.3) is 10.9 Å². The fourth-order valence-electron chi connectivity index (χ4n) is 4.51. The second-order valence-corrected chi connectivity index (χ2v) is 9.19. The van der Waals surface area contributed by atoms with E-state index < -0.39 is 12.1 Å². The molecule has 0 aliphatic carbocycles. The zero-order valence-corrected chi connectivity index (χ0v) is 20.6. The molecule has 36 heavy (non-hydrogen) atoms. The third-order valence-electron chi connectivity index (χ3n) is 6.40. The minimum Gasteiger partial charge on any atom is -0.507 e. The summed E-state index contributed by atoms with van der Waals surface area (Å²) in [5.74, 6) is -0.316. The number of ether oxygens (including phenoxy) is 1. The van der Waals surface area contributed by atoms with Gasteiger partial charge < -0.3 is 24.6 Å². The largest absolute Gasteiger partial charge is 0.507 e. The van der Waals surface area contributed by atoms with E-state index in [-0.39, 0.29) is 24.7 Å². The van der Waals surface area contributed by atoms with Crippen LogP contribution in [0.2, 0.25) is 0 Å². The van der Waals surface area contributed by atoms with E-state index in [0.29, 0.717) is 17.5 Å². The van der Waals surface area contributed by atoms with Crippen LogP contribution in [0.15, 0.2) is 72.9 Å². The minimum atomic E-state index is -0.874. The van der Waals surface area contributed by atoms with E-state index in [1.54, 1.807) is 36.4 Å². The number of nitrogens with zero attached hydrogens (tertiary/aromatic N) is 1. The van der Waals surface area contributed by atoms with E-state index in [2.05, 4.69) is 6.92 Å². The zero-order chi connectivity index (χ0) is 25.5. The Balaban J connectivity index is 1.49. The molecule has 4 aromatic rings. The van der Waals surface area contributed by atoms with Crippen LogP contribution in [0, 0.1) is 0 Å². The lowest BCUT2D eigenvalue weighted by molar-refractivity contribution is 0.0259. The van der Waals surface area contributed by atoms with Gasteiger partial charge in [0.25, 0.3) is 0 Å². The van der Waals surface area contributed by atoms with Crippen molar-refractivity contribution >= 4 is 16.9 Å². The third kappa shape index (κ3) is 6.07. The molecule has 1 heterocycles. The molecule has 1 unspecified atom stereocenters. The average molecular weight is 488 g/mol. The summed E-state index contributed by atoms with van der Waals surface area (Å²) in [7, 11) is 0. The number of unbranched alkanes of at least 4 members (excludes halogenated alkanes) is 2. The number of fused-ring (bicyclic) bond motifs is 1. The molecule has 0 saturated heterocycles. The molecule has 6 heteroatoms. The molecule has 0 bridgehead atoms. The first-order valence-electron chi connectivity index (χ1n) is 12.5. The summed E-state index contributed by atoms with van der Waals surface area (Å²) >= 11 is 0. The topological polar surface area (TPSA) is 91.9 Å². The molecule has 0 saturated carbocycles. The Hall–Kier alpha value is -3.77. The molecule has 1 aromatic heterocycles. The Kier molecular flexibility index (Phi) is 8.28. The second-order valence-electron chi connectivity index (χ2n) is 9.19. The molecule has 3 aromatic carbocycles. The summed E-state index contributed by atoms with van der Waals surface area (Å²) < 4.78 is 7.25. The highest BCUT2D eigenvalue weighted by molar-refractivity contribution is 5.89. The summed E-state index contributed by atoms with van der Waals surface area (Å²) in [6.45, 7) is 2.31. The van der Waals surface area contributed by atoms with Gasteiger partial charge in [-0.25, -0.2) is 4.79 Å². The number of aryl methyl sites for hydroxylation is 1. The smallest absolute Gasteiger partial charge is 0.338 e. The van der Waals surface area contributed by atoms with Crippen LogP contribution in [-0.2, 0) is 24.1 Å². The van der Waals surface area contributed by atoms with Crippen molar-refractivity contribution in [2.75, 3.05) is 6.61 Å². The van der Waals surface area contributed by atoms with Gasteiger partial charge in [0.15, 0.2) is 0 Å². The van der Waals surface area contributed by atoms with Crippen LogP contribution in [0.5, 0.6) is 11.5 Å². The predicted octanol–water partition coefficient (Wildman–Crippen LogP) is 5.59. The van der Waals surface area contributed by atoms with Crippen molar-refractivity contribution in [1.29, 1.82) is 0 Å². The van der Waals surface area contributed by atoms with Crippen molar-refractivity contribution in [1.82, 2.24) is 4.57 Å². The van der Waals surface area contributed by atoms with Crippen LogP contribution in [0.3, 0.4) is 0 Å². The van der Waals surface area contributed by atoms with Gasteiger partial charge in [-0.15, -0.1) is 0 Å². The monoisotopic (exact) mass is 487 g/mol. The molecule has 0 radical (unpaired) electrons. The number of carbonyl (C=O) groups excluding carboxylic acids is 1. The van der Waals surface area contributed by atoms with Gasteiger partial charge >= 0.3 is 5.97 Å². The number of esters is 1. The number of hydrogen-bond acceptors (Lipinski definition) is 5. The van der Waals surface area contributed by atoms with Gasteiger partial charge in [0.1, 0.15) is 18.1 Å². The Bertz CT molecular complexity index is 1290. The summed E-state index contributed by atoms with van der Waals surface area (Å²) in [4.78, 5) is 12.2. The molecule has 0 amide bonds. The maximum atomic E-state index is 12.2. The molecule has 6 nitrogen and oxygen atoms in total. The maximum Gasteiger partial charge on any atom is 0.338 e. The quantitative estimate of drug-likeness (QED) is 0.189. The van der Waals surface area contributed by atoms with E-state index in [1.807, 2.05) is 41.1 Å². The molecular weight excluding hydrogens is 454 g/mol. The summed E-state index contributed by atoms with van der Waals surface area (Å²) in [5.41, 5.74) is 3.64. The van der Waals surface area contributed by atoms with Gasteiger partial charge in [0, 0.05) is 23.5 Å². The number of carbonyl (C=O) groups is 1. The molecule has 188 valence electrons. The third-order valence-corrected chi connectivity index (χ3v) is 6.40. The number of aliphatic hydroxyl groups excluding tert-OH is 1. The van der Waals surface area contributed by atoms with Gasteiger partial charge in [-0.1, -0.05) is 56.2 Å². The lowest BCUT2D eigenvalue weighted by atomic mass is 10.0. The SMILES string of the molecule is CCCCCc1cc(O)c(Cn2cc(CC(O)COC(=O)c3ccccc3)c3ccccc32)c(O)c1. The zero-order valence-electron chi connectivity index (χ0n) is 20.6. The van der Waals surface area contributed by atoms with E-state index in [4.69, 9.17) is 4.74 Å². The number of hydrogen-bond donors (Lipinski definition) is 3. The van der Waals surface area contributed by atoms with Crippen molar-refractivity contribution in [3.05, 3.63) is 95.2 Å². The van der Waals surface area contributed by atoms with Gasteiger partial charge in [-0.05, 0) is 54.3 Å². The number of phenolic OH excluding ortho intramolecular Hbond substituents is 2. The Morgan fingerprint density at radius 2 is 1.67 bits per heavy atom. The predicted molar refractivity (Wildman–Crippen MR) is 140 cm³/mol. The van der Waals surface area contributed by atoms with Crippen molar-refractivity contribution in [2.24, 2.45) is 0 Å². The van der Waals surface area contributed by atoms with E-state index >= 15 is 0 Å². The number of aliphatic hydroxyl groups is 1. The Morgan fingerprint density at radius 1 is 0.972 bits per heavy atom. The van der Waals surface area contributed by atoms with E-state index in [0.717, 1.165) is 47.7 Å². The summed E-state index contributed by atoms with van der Waals surface area (Å²) in [6.07, 6.45) is 5.40. The molecule has 0 aliphatic heterocycles. The number of para-hydroxylation sites is 1. The van der Waals surface area contributed by atoms with Crippen molar-refractivity contribution in [3.63, 3.8) is 0 Å². The number of aromatic nitrogens is 1. The van der Waals surface area contributed by atoms with Crippen LogP contribution >= 0.6 is 0 Å². The van der Waals surface area contributed by atoms with Crippen molar-refractivity contribution < 1.29 is 24.9 Å². The van der Waals surface area contributed by atoms with Crippen LogP contribution in [0.1, 0.15) is 53.2 Å². The van der Waals surface area contributed by atoms with Crippen molar-refractivity contribution in [2.45, 2.75) is 51.7 Å². The normalized spacial score (nSPS) is 12.1. The first-order valence-corrected chi connectivity index (χ1v) is 12.5. The molecule has 3 N–H and O–H groups in total.